The minimum Gasteiger partial charge on any atom is -0.299 e. The second-order valence-electron chi connectivity index (χ2n) is 6.85. The van der Waals surface area contributed by atoms with Crippen LogP contribution >= 0.6 is 0 Å². The molecule has 1 nitrogen and oxygen atoms in total. The smallest absolute Gasteiger partial charge is 0.139 e. The molecule has 1 aromatic rings. The molecule has 3 aliphatic rings. The zero-order valence-corrected chi connectivity index (χ0v) is 11.3. The quantitative estimate of drug-likeness (QED) is 0.717. The molecule has 0 bridgehead atoms. The molecule has 1 spiro atoms. The van der Waals surface area contributed by atoms with Gasteiger partial charge in [-0.1, -0.05) is 29.7 Å². The van der Waals surface area contributed by atoms with Crippen LogP contribution in [0.3, 0.4) is 0 Å². The van der Waals surface area contributed by atoms with Gasteiger partial charge in [0, 0.05) is 10.8 Å². The van der Waals surface area contributed by atoms with Gasteiger partial charge in [-0.15, -0.1) is 0 Å². The van der Waals surface area contributed by atoms with Crippen molar-refractivity contribution in [3.05, 3.63) is 29.8 Å². The van der Waals surface area contributed by atoms with E-state index in [-0.39, 0.29) is 5.41 Å². The first-order valence-corrected chi connectivity index (χ1v) is 7.15. The maximum Gasteiger partial charge on any atom is 0.139 e. The lowest BCUT2D eigenvalue weighted by Crippen LogP contribution is -2.46. The lowest BCUT2D eigenvalue weighted by molar-refractivity contribution is -0.138. The summed E-state index contributed by atoms with van der Waals surface area (Å²) in [7, 11) is 2.14. The summed E-state index contributed by atoms with van der Waals surface area (Å²) in [5.41, 5.74) is 3.62. The van der Waals surface area contributed by atoms with E-state index in [0.29, 0.717) is 16.6 Å². The van der Waals surface area contributed by atoms with E-state index in [2.05, 4.69) is 32.1 Å². The van der Waals surface area contributed by atoms with E-state index < -0.39 is 0 Å². The second kappa shape index (κ2) is 2.92. The highest BCUT2D eigenvalue weighted by Crippen LogP contribution is 2.88. The van der Waals surface area contributed by atoms with Gasteiger partial charge in [0.15, 0.2) is 0 Å². The first-order chi connectivity index (χ1) is 8.56. The van der Waals surface area contributed by atoms with Crippen LogP contribution < -0.4 is 5.46 Å². The van der Waals surface area contributed by atoms with Crippen molar-refractivity contribution in [3.63, 3.8) is 0 Å². The lowest BCUT2D eigenvalue weighted by Gasteiger charge is -2.47. The largest absolute Gasteiger partial charge is 0.299 e. The predicted molar refractivity (Wildman–Crippen MR) is 74.9 cm³/mol. The molecule has 0 aromatic heterocycles. The Morgan fingerprint density at radius 3 is 2.28 bits per heavy atom. The van der Waals surface area contributed by atoms with Crippen LogP contribution in [0.25, 0.3) is 0 Å². The van der Waals surface area contributed by atoms with Gasteiger partial charge in [-0.3, -0.25) is 4.79 Å². The van der Waals surface area contributed by atoms with Crippen LogP contribution in [0.15, 0.2) is 24.3 Å². The third kappa shape index (κ3) is 0.898. The third-order valence-corrected chi connectivity index (χ3v) is 6.55. The second-order valence-corrected chi connectivity index (χ2v) is 6.85. The molecule has 2 heteroatoms. The summed E-state index contributed by atoms with van der Waals surface area (Å²) in [6, 6.07) is 9.06. The van der Waals surface area contributed by atoms with E-state index in [9.17, 15) is 4.79 Å². The Morgan fingerprint density at radius 2 is 1.78 bits per heavy atom. The number of carbonyl (C=O) groups is 1. The maximum atomic E-state index is 12.1. The van der Waals surface area contributed by atoms with Gasteiger partial charge < -0.3 is 0 Å². The maximum absolute atomic E-state index is 12.1. The van der Waals surface area contributed by atoms with Gasteiger partial charge in [-0.05, 0) is 50.0 Å². The topological polar surface area (TPSA) is 17.1 Å². The number of carbonyl (C=O) groups excluding carboxylic acids is 1. The molecule has 0 aliphatic heterocycles. The average molecular weight is 238 g/mol. The summed E-state index contributed by atoms with van der Waals surface area (Å²) in [4.78, 5) is 12.1. The van der Waals surface area contributed by atoms with Crippen LogP contribution in [0.1, 0.15) is 44.6 Å². The molecule has 0 radical (unpaired) electrons. The fourth-order valence-corrected chi connectivity index (χ4v) is 5.36. The van der Waals surface area contributed by atoms with E-state index in [4.69, 9.17) is 0 Å². The van der Waals surface area contributed by atoms with Crippen LogP contribution in [0.2, 0.25) is 0 Å². The normalized spacial score (nSPS) is 43.8. The van der Waals surface area contributed by atoms with E-state index in [1.165, 1.54) is 30.3 Å². The third-order valence-electron chi connectivity index (χ3n) is 6.55. The van der Waals surface area contributed by atoms with Crippen LogP contribution in [0, 0.1) is 10.8 Å². The molecule has 3 saturated carbocycles. The molecule has 0 amide bonds. The molecule has 0 heterocycles. The number of hydrogen-bond donors (Lipinski definition) is 0. The number of benzene rings is 1. The Morgan fingerprint density at radius 1 is 1.11 bits per heavy atom. The predicted octanol–water partition coefficient (Wildman–Crippen LogP) is 1.74. The molecular formula is C16H19BO. The molecule has 0 N–H and O–H groups in total. The monoisotopic (exact) mass is 238 g/mol. The first-order valence-electron chi connectivity index (χ1n) is 7.15. The van der Waals surface area contributed by atoms with E-state index >= 15 is 0 Å². The van der Waals surface area contributed by atoms with Crippen molar-refractivity contribution in [2.75, 3.05) is 0 Å². The van der Waals surface area contributed by atoms with Crippen LogP contribution in [-0.2, 0) is 10.2 Å². The lowest BCUT2D eigenvalue weighted by atomic mass is 9.55. The fourth-order valence-electron chi connectivity index (χ4n) is 5.36. The van der Waals surface area contributed by atoms with Crippen molar-refractivity contribution in [2.24, 2.45) is 10.8 Å². The Hall–Kier alpha value is -1.05. The summed E-state index contributed by atoms with van der Waals surface area (Å²) >= 11 is 0. The van der Waals surface area contributed by atoms with Gasteiger partial charge in [0.1, 0.15) is 13.6 Å². The Bertz CT molecular complexity index is 545. The average Bonchev–Trinajstić information content (AvgIpc) is 2.97. The molecular weight excluding hydrogens is 219 g/mol. The molecule has 18 heavy (non-hydrogen) atoms. The van der Waals surface area contributed by atoms with E-state index in [1.54, 1.807) is 0 Å². The highest BCUT2D eigenvalue weighted by molar-refractivity contribution is 6.32. The SMILES string of the molecule is Bc1ccc(C23CCC4(C(C)=O)CCC42C3)cc1. The molecule has 4 rings (SSSR count). The number of ketones is 1. The van der Waals surface area contributed by atoms with Crippen molar-refractivity contribution >= 4 is 19.1 Å². The molecule has 3 aliphatic carbocycles. The zero-order valence-electron chi connectivity index (χ0n) is 11.3. The number of rotatable bonds is 2. The van der Waals surface area contributed by atoms with Crippen molar-refractivity contribution in [1.82, 2.24) is 0 Å². The van der Waals surface area contributed by atoms with Crippen molar-refractivity contribution in [2.45, 2.75) is 44.4 Å². The van der Waals surface area contributed by atoms with Gasteiger partial charge in [0.05, 0.1) is 0 Å². The van der Waals surface area contributed by atoms with Crippen LogP contribution in [0.5, 0.6) is 0 Å². The molecule has 3 fully saturated rings. The van der Waals surface area contributed by atoms with Crippen molar-refractivity contribution in [3.8, 4) is 0 Å². The molecule has 3 atom stereocenters. The van der Waals surface area contributed by atoms with Crippen LogP contribution in [0.4, 0.5) is 0 Å². The van der Waals surface area contributed by atoms with Gasteiger partial charge in [0.25, 0.3) is 0 Å². The Balaban J connectivity index is 1.78. The number of hydrogen-bond acceptors (Lipinski definition) is 1. The van der Waals surface area contributed by atoms with Crippen LogP contribution in [-0.4, -0.2) is 13.6 Å². The highest BCUT2D eigenvalue weighted by atomic mass is 16.1. The molecule has 3 unspecified atom stereocenters. The Labute approximate surface area is 109 Å². The van der Waals surface area contributed by atoms with E-state index in [0.717, 1.165) is 12.8 Å². The van der Waals surface area contributed by atoms with Gasteiger partial charge in [-0.2, -0.15) is 0 Å². The molecule has 92 valence electrons. The number of Topliss-reactive ketones (excluding diaryl/α,β-unsaturated/α-hetero) is 1. The summed E-state index contributed by atoms with van der Waals surface area (Å²) < 4.78 is 0. The Kier molecular flexibility index (Phi) is 1.76. The summed E-state index contributed by atoms with van der Waals surface area (Å²) in [6.07, 6.45) is 6.06. The molecule has 1 aromatic carbocycles. The summed E-state index contributed by atoms with van der Waals surface area (Å²) in [5.74, 6) is 0.459. The minimum absolute atomic E-state index is 0.0673. The van der Waals surface area contributed by atoms with Crippen molar-refractivity contribution in [1.29, 1.82) is 0 Å². The zero-order chi connectivity index (χ0) is 12.6. The molecule has 0 saturated heterocycles. The standard InChI is InChI=1S/C16H19BO/c1-11(18)14-6-7-15(10-16(14,15)9-8-14)12-2-4-13(17)5-3-12/h2-5H,6-10,17H2,1H3. The van der Waals surface area contributed by atoms with Crippen molar-refractivity contribution < 1.29 is 4.79 Å². The summed E-state index contributed by atoms with van der Waals surface area (Å²) in [5, 5.41) is 0. The first kappa shape index (κ1) is 10.8. The van der Waals surface area contributed by atoms with E-state index in [1.807, 2.05) is 6.92 Å². The minimum atomic E-state index is 0.0673. The van der Waals surface area contributed by atoms with Gasteiger partial charge >= 0.3 is 0 Å². The van der Waals surface area contributed by atoms with Gasteiger partial charge in [0.2, 0.25) is 0 Å². The highest BCUT2D eigenvalue weighted by Gasteiger charge is 2.84. The summed E-state index contributed by atoms with van der Waals surface area (Å²) in [6.45, 7) is 1.82. The van der Waals surface area contributed by atoms with Gasteiger partial charge in [-0.25, -0.2) is 0 Å². The fraction of sp³-hybridized carbons (Fsp3) is 0.562.